The number of carbonyl (C=O) groups excluding carboxylic acids is 1. The number of ether oxygens (including phenoxy) is 1. The third kappa shape index (κ3) is 5.56. The van der Waals surface area contributed by atoms with Gasteiger partial charge < -0.3 is 4.74 Å². The van der Waals surface area contributed by atoms with Crippen LogP contribution in [0.15, 0.2) is 0 Å². The molecule has 2 atom stereocenters. The number of esters is 1. The average Bonchev–Trinajstić information content (AvgIpc) is 2.80. The summed E-state index contributed by atoms with van der Waals surface area (Å²) in [4.78, 5) is 11.2. The van der Waals surface area contributed by atoms with E-state index in [-0.39, 0.29) is 12.1 Å². The summed E-state index contributed by atoms with van der Waals surface area (Å²) < 4.78 is 5.36. The van der Waals surface area contributed by atoms with Gasteiger partial charge in [-0.15, -0.1) is 0 Å². The molecule has 1 aliphatic rings. The second-order valence-electron chi connectivity index (χ2n) is 5.55. The van der Waals surface area contributed by atoms with Gasteiger partial charge >= 0.3 is 5.97 Å². The van der Waals surface area contributed by atoms with Crippen molar-refractivity contribution >= 4 is 5.97 Å². The summed E-state index contributed by atoms with van der Waals surface area (Å²) in [6.07, 6.45) is 9.84. The zero-order valence-corrected chi connectivity index (χ0v) is 11.7. The Bertz CT molecular complexity index is 219. The van der Waals surface area contributed by atoms with Crippen molar-refractivity contribution in [2.75, 3.05) is 0 Å². The van der Waals surface area contributed by atoms with Crippen molar-refractivity contribution in [3.8, 4) is 0 Å². The molecule has 0 heterocycles. The van der Waals surface area contributed by atoms with E-state index in [4.69, 9.17) is 4.74 Å². The Morgan fingerprint density at radius 1 is 1.29 bits per heavy atom. The summed E-state index contributed by atoms with van der Waals surface area (Å²) in [6.45, 7) is 6.14. The zero-order chi connectivity index (χ0) is 12.7. The lowest BCUT2D eigenvalue weighted by atomic mass is 9.88. The predicted molar refractivity (Wildman–Crippen MR) is 70.8 cm³/mol. The van der Waals surface area contributed by atoms with E-state index in [1.54, 1.807) is 0 Å². The van der Waals surface area contributed by atoms with Gasteiger partial charge in [-0.2, -0.15) is 0 Å². The van der Waals surface area contributed by atoms with Gasteiger partial charge in [0.2, 0.25) is 0 Å². The number of hydrogen-bond acceptors (Lipinski definition) is 2. The van der Waals surface area contributed by atoms with E-state index in [9.17, 15) is 4.79 Å². The molecule has 0 saturated heterocycles. The van der Waals surface area contributed by atoms with E-state index in [2.05, 4.69) is 6.92 Å². The standard InChI is InChI=1S/C15H28O2/c1-4-13(11-14-8-6-7-9-14)10-12(3)17-15(16)5-2/h12-14H,4-11H2,1-3H3. The van der Waals surface area contributed by atoms with Crippen LogP contribution < -0.4 is 0 Å². The van der Waals surface area contributed by atoms with Gasteiger partial charge in [-0.3, -0.25) is 4.79 Å². The van der Waals surface area contributed by atoms with E-state index < -0.39 is 0 Å². The minimum atomic E-state index is -0.0618. The average molecular weight is 240 g/mol. The SMILES string of the molecule is CCC(=O)OC(C)CC(CC)CC1CCCC1. The number of carbonyl (C=O) groups is 1. The molecule has 0 amide bonds. The molecule has 0 spiro atoms. The van der Waals surface area contributed by atoms with Crippen molar-refractivity contribution < 1.29 is 9.53 Å². The molecule has 0 N–H and O–H groups in total. The minimum absolute atomic E-state index is 0.0618. The van der Waals surface area contributed by atoms with E-state index in [1.165, 1.54) is 38.5 Å². The van der Waals surface area contributed by atoms with Crippen molar-refractivity contribution in [2.24, 2.45) is 11.8 Å². The number of rotatable bonds is 7. The molecule has 0 aromatic carbocycles. The maximum atomic E-state index is 11.2. The molecule has 100 valence electrons. The normalized spacial score (nSPS) is 20.2. The molecule has 0 aromatic heterocycles. The van der Waals surface area contributed by atoms with E-state index in [0.717, 1.165) is 18.3 Å². The molecule has 1 rings (SSSR count). The minimum Gasteiger partial charge on any atom is -0.463 e. The van der Waals surface area contributed by atoms with Crippen molar-refractivity contribution in [1.82, 2.24) is 0 Å². The first-order chi connectivity index (χ1) is 8.15. The highest BCUT2D eigenvalue weighted by Gasteiger charge is 2.21. The monoisotopic (exact) mass is 240 g/mol. The van der Waals surface area contributed by atoms with Crippen LogP contribution in [0.25, 0.3) is 0 Å². The van der Waals surface area contributed by atoms with Crippen LogP contribution in [0.2, 0.25) is 0 Å². The highest BCUT2D eigenvalue weighted by Crippen LogP contribution is 2.33. The van der Waals surface area contributed by atoms with Gasteiger partial charge in [0.15, 0.2) is 0 Å². The first-order valence-corrected chi connectivity index (χ1v) is 7.35. The molecule has 2 unspecified atom stereocenters. The first-order valence-electron chi connectivity index (χ1n) is 7.35. The molecule has 0 bridgehead atoms. The summed E-state index contributed by atoms with van der Waals surface area (Å²) in [5.41, 5.74) is 0. The molecule has 2 nitrogen and oxygen atoms in total. The Morgan fingerprint density at radius 3 is 2.47 bits per heavy atom. The van der Waals surface area contributed by atoms with Gasteiger partial charge in [0.25, 0.3) is 0 Å². The molecule has 17 heavy (non-hydrogen) atoms. The fourth-order valence-corrected chi connectivity index (χ4v) is 2.97. The molecule has 2 heteroatoms. The summed E-state index contributed by atoms with van der Waals surface area (Å²) in [5, 5.41) is 0. The predicted octanol–water partition coefficient (Wildman–Crippen LogP) is 4.32. The first kappa shape index (κ1) is 14.5. The van der Waals surface area contributed by atoms with Gasteiger partial charge in [0.1, 0.15) is 0 Å². The Labute approximate surface area is 106 Å². The van der Waals surface area contributed by atoms with Gasteiger partial charge in [0, 0.05) is 6.42 Å². The maximum absolute atomic E-state index is 11.2. The topological polar surface area (TPSA) is 26.3 Å². The molecule has 1 fully saturated rings. The molecular formula is C15H28O2. The summed E-state index contributed by atoms with van der Waals surface area (Å²) >= 11 is 0. The van der Waals surface area contributed by atoms with Crippen LogP contribution in [0, 0.1) is 11.8 Å². The van der Waals surface area contributed by atoms with Crippen LogP contribution >= 0.6 is 0 Å². The van der Waals surface area contributed by atoms with E-state index in [1.807, 2.05) is 13.8 Å². The van der Waals surface area contributed by atoms with Crippen LogP contribution in [-0.2, 0) is 9.53 Å². The molecule has 1 saturated carbocycles. The molecule has 1 aliphatic carbocycles. The van der Waals surface area contributed by atoms with Gasteiger partial charge in [-0.05, 0) is 31.6 Å². The zero-order valence-electron chi connectivity index (χ0n) is 11.7. The van der Waals surface area contributed by atoms with Gasteiger partial charge in [0.05, 0.1) is 6.10 Å². The van der Waals surface area contributed by atoms with Crippen LogP contribution in [-0.4, -0.2) is 12.1 Å². The molecule has 0 aliphatic heterocycles. The van der Waals surface area contributed by atoms with Gasteiger partial charge in [-0.25, -0.2) is 0 Å². The lowest BCUT2D eigenvalue weighted by Gasteiger charge is -2.22. The summed E-state index contributed by atoms with van der Waals surface area (Å²) in [6, 6.07) is 0. The van der Waals surface area contributed by atoms with Crippen molar-refractivity contribution in [1.29, 1.82) is 0 Å². The van der Waals surface area contributed by atoms with E-state index >= 15 is 0 Å². The quantitative estimate of drug-likeness (QED) is 0.619. The Kier molecular flexibility index (Phi) is 6.61. The highest BCUT2D eigenvalue weighted by atomic mass is 16.5. The van der Waals surface area contributed by atoms with Crippen LogP contribution in [0.4, 0.5) is 0 Å². The third-order valence-electron chi connectivity index (χ3n) is 4.01. The third-order valence-corrected chi connectivity index (χ3v) is 4.01. The second kappa shape index (κ2) is 7.73. The highest BCUT2D eigenvalue weighted by molar-refractivity contribution is 5.69. The van der Waals surface area contributed by atoms with Gasteiger partial charge in [-0.1, -0.05) is 46.0 Å². The Balaban J connectivity index is 2.27. The lowest BCUT2D eigenvalue weighted by Crippen LogP contribution is -2.19. The van der Waals surface area contributed by atoms with Crippen LogP contribution in [0.5, 0.6) is 0 Å². The fraction of sp³-hybridized carbons (Fsp3) is 0.933. The smallest absolute Gasteiger partial charge is 0.305 e. The van der Waals surface area contributed by atoms with Crippen molar-refractivity contribution in [3.05, 3.63) is 0 Å². The van der Waals surface area contributed by atoms with Crippen molar-refractivity contribution in [2.45, 2.75) is 78.2 Å². The largest absolute Gasteiger partial charge is 0.463 e. The number of hydrogen-bond donors (Lipinski definition) is 0. The Morgan fingerprint density at radius 2 is 1.94 bits per heavy atom. The van der Waals surface area contributed by atoms with Crippen molar-refractivity contribution in [3.63, 3.8) is 0 Å². The summed E-state index contributed by atoms with van der Waals surface area (Å²) in [7, 11) is 0. The lowest BCUT2D eigenvalue weighted by molar-refractivity contribution is -0.148. The Hall–Kier alpha value is -0.530. The molecule has 0 radical (unpaired) electrons. The summed E-state index contributed by atoms with van der Waals surface area (Å²) in [5.74, 6) is 1.61. The fourth-order valence-electron chi connectivity index (χ4n) is 2.97. The molecular weight excluding hydrogens is 212 g/mol. The van der Waals surface area contributed by atoms with E-state index in [0.29, 0.717) is 6.42 Å². The second-order valence-corrected chi connectivity index (χ2v) is 5.55. The van der Waals surface area contributed by atoms with Crippen LogP contribution in [0.3, 0.4) is 0 Å². The van der Waals surface area contributed by atoms with Crippen LogP contribution in [0.1, 0.15) is 72.1 Å². The maximum Gasteiger partial charge on any atom is 0.305 e. The molecule has 0 aromatic rings.